The first-order valence-electron chi connectivity index (χ1n) is 12.2. The molecule has 0 amide bonds. The summed E-state index contributed by atoms with van der Waals surface area (Å²) >= 11 is 0. The molecular formula is C29H33NO4. The van der Waals surface area contributed by atoms with E-state index < -0.39 is 0 Å². The number of phenolic OH excluding ortho intramolecular Hbond substituents is 2. The van der Waals surface area contributed by atoms with Gasteiger partial charge in [0.15, 0.2) is 0 Å². The molecule has 5 rings (SSSR count). The highest BCUT2D eigenvalue weighted by Gasteiger charge is 2.45. The van der Waals surface area contributed by atoms with Gasteiger partial charge in [-0.3, -0.25) is 4.90 Å². The summed E-state index contributed by atoms with van der Waals surface area (Å²) in [5.41, 5.74) is 2.80. The number of benzene rings is 3. The SMILES string of the molecule is CC1(C)c2cc(O)ccc2O[C@@H](c2ccc(OCCN3CCCC3)cc2)[C@H]1c1ccc(O)cc1. The van der Waals surface area contributed by atoms with Crippen LogP contribution in [0.3, 0.4) is 0 Å². The van der Waals surface area contributed by atoms with E-state index in [0.29, 0.717) is 6.61 Å². The normalized spacial score (nSPS) is 21.6. The van der Waals surface area contributed by atoms with E-state index in [1.54, 1.807) is 24.3 Å². The molecule has 2 heterocycles. The van der Waals surface area contributed by atoms with Crippen molar-refractivity contribution in [3.05, 3.63) is 83.4 Å². The summed E-state index contributed by atoms with van der Waals surface area (Å²) in [4.78, 5) is 2.45. The fourth-order valence-corrected chi connectivity index (χ4v) is 5.46. The molecule has 2 aliphatic heterocycles. The summed E-state index contributed by atoms with van der Waals surface area (Å²) in [6.45, 7) is 8.39. The van der Waals surface area contributed by atoms with Crippen LogP contribution in [-0.4, -0.2) is 41.4 Å². The average molecular weight is 460 g/mol. The van der Waals surface area contributed by atoms with Crippen LogP contribution in [0.2, 0.25) is 0 Å². The number of aromatic hydroxyl groups is 2. The Morgan fingerprint density at radius 2 is 1.53 bits per heavy atom. The molecule has 34 heavy (non-hydrogen) atoms. The molecule has 1 fully saturated rings. The van der Waals surface area contributed by atoms with Crippen LogP contribution in [-0.2, 0) is 5.41 Å². The Morgan fingerprint density at radius 3 is 2.24 bits per heavy atom. The molecule has 3 aromatic carbocycles. The molecule has 0 unspecified atom stereocenters. The van der Waals surface area contributed by atoms with Gasteiger partial charge < -0.3 is 19.7 Å². The fraction of sp³-hybridized carbons (Fsp3) is 0.379. The Kier molecular flexibility index (Phi) is 6.13. The Labute approximate surface area is 201 Å². The lowest BCUT2D eigenvalue weighted by Gasteiger charge is -2.45. The summed E-state index contributed by atoms with van der Waals surface area (Å²) in [7, 11) is 0. The second-order valence-electron chi connectivity index (χ2n) is 9.98. The first kappa shape index (κ1) is 22.6. The van der Waals surface area contributed by atoms with Gasteiger partial charge in [-0.2, -0.15) is 0 Å². The number of fused-ring (bicyclic) bond motifs is 1. The highest BCUT2D eigenvalue weighted by molar-refractivity contribution is 5.50. The molecule has 2 aliphatic rings. The first-order valence-corrected chi connectivity index (χ1v) is 12.2. The van der Waals surface area contributed by atoms with E-state index in [9.17, 15) is 10.2 Å². The Balaban J connectivity index is 1.43. The van der Waals surface area contributed by atoms with Gasteiger partial charge in [0, 0.05) is 23.4 Å². The molecule has 1 saturated heterocycles. The van der Waals surface area contributed by atoms with E-state index in [-0.39, 0.29) is 28.9 Å². The quantitative estimate of drug-likeness (QED) is 0.490. The second kappa shape index (κ2) is 9.22. The van der Waals surface area contributed by atoms with E-state index in [1.807, 2.05) is 30.3 Å². The van der Waals surface area contributed by atoms with Crippen molar-refractivity contribution < 1.29 is 19.7 Å². The molecule has 2 atom stereocenters. The van der Waals surface area contributed by atoms with Gasteiger partial charge in [-0.15, -0.1) is 0 Å². The summed E-state index contributed by atoms with van der Waals surface area (Å²) in [5.74, 6) is 2.10. The van der Waals surface area contributed by atoms with E-state index >= 15 is 0 Å². The lowest BCUT2D eigenvalue weighted by molar-refractivity contribution is 0.104. The lowest BCUT2D eigenvalue weighted by Crippen LogP contribution is -2.38. The van der Waals surface area contributed by atoms with Crippen LogP contribution in [0, 0.1) is 0 Å². The van der Waals surface area contributed by atoms with Crippen molar-refractivity contribution in [2.24, 2.45) is 0 Å². The van der Waals surface area contributed by atoms with Crippen LogP contribution in [0.1, 0.15) is 55.4 Å². The zero-order valence-electron chi connectivity index (χ0n) is 19.9. The zero-order chi connectivity index (χ0) is 23.7. The molecule has 3 aromatic rings. The molecule has 0 spiro atoms. The highest BCUT2D eigenvalue weighted by atomic mass is 16.5. The van der Waals surface area contributed by atoms with Crippen molar-refractivity contribution in [3.8, 4) is 23.0 Å². The molecule has 0 bridgehead atoms. The number of hydrogen-bond donors (Lipinski definition) is 2. The number of nitrogens with zero attached hydrogens (tertiary/aromatic N) is 1. The van der Waals surface area contributed by atoms with Gasteiger partial charge >= 0.3 is 0 Å². The van der Waals surface area contributed by atoms with Crippen LogP contribution < -0.4 is 9.47 Å². The van der Waals surface area contributed by atoms with Gasteiger partial charge in [0.05, 0.1) is 0 Å². The minimum absolute atomic E-state index is 0.0238. The van der Waals surface area contributed by atoms with Gasteiger partial charge in [0.25, 0.3) is 0 Å². The number of hydrogen-bond acceptors (Lipinski definition) is 5. The molecule has 0 radical (unpaired) electrons. The van der Waals surface area contributed by atoms with Crippen molar-refractivity contribution in [1.82, 2.24) is 4.90 Å². The molecule has 2 N–H and O–H groups in total. The first-order chi connectivity index (χ1) is 16.4. The third-order valence-corrected chi connectivity index (χ3v) is 7.33. The van der Waals surface area contributed by atoms with E-state index in [1.165, 1.54) is 25.9 Å². The lowest BCUT2D eigenvalue weighted by atomic mass is 9.65. The van der Waals surface area contributed by atoms with Crippen LogP contribution in [0.15, 0.2) is 66.7 Å². The topological polar surface area (TPSA) is 62.2 Å². The fourth-order valence-electron chi connectivity index (χ4n) is 5.46. The monoisotopic (exact) mass is 459 g/mol. The largest absolute Gasteiger partial charge is 0.508 e. The van der Waals surface area contributed by atoms with E-state index in [4.69, 9.17) is 9.47 Å². The van der Waals surface area contributed by atoms with Crippen molar-refractivity contribution in [2.45, 2.75) is 44.1 Å². The standard InChI is InChI=1S/C29H33NO4/c1-29(2)25-19-23(32)11-14-26(25)34-28(27(29)20-5-9-22(31)10-6-20)21-7-12-24(13-8-21)33-18-17-30-15-3-4-16-30/h5-14,19,27-28,31-32H,3-4,15-18H2,1-2H3/t27-,28+/m1/s1. The van der Waals surface area contributed by atoms with Crippen LogP contribution in [0.25, 0.3) is 0 Å². The summed E-state index contributed by atoms with van der Waals surface area (Å²) in [6, 6.07) is 20.9. The van der Waals surface area contributed by atoms with Gasteiger partial charge in [-0.05, 0) is 79.5 Å². The molecule has 5 nitrogen and oxygen atoms in total. The predicted octanol–water partition coefficient (Wildman–Crippen LogP) is 5.77. The van der Waals surface area contributed by atoms with Gasteiger partial charge in [-0.1, -0.05) is 38.1 Å². The summed E-state index contributed by atoms with van der Waals surface area (Å²) in [6.07, 6.45) is 2.35. The highest BCUT2D eigenvalue weighted by Crippen LogP contribution is 2.55. The Morgan fingerprint density at radius 1 is 0.882 bits per heavy atom. The predicted molar refractivity (Wildman–Crippen MR) is 133 cm³/mol. The van der Waals surface area contributed by atoms with Crippen LogP contribution in [0.5, 0.6) is 23.0 Å². The van der Waals surface area contributed by atoms with E-state index in [0.717, 1.165) is 34.7 Å². The Bertz CT molecular complexity index is 1120. The molecule has 178 valence electrons. The maximum atomic E-state index is 10.2. The van der Waals surface area contributed by atoms with Crippen LogP contribution in [0.4, 0.5) is 0 Å². The third kappa shape index (κ3) is 4.45. The van der Waals surface area contributed by atoms with Crippen molar-refractivity contribution in [3.63, 3.8) is 0 Å². The van der Waals surface area contributed by atoms with Crippen molar-refractivity contribution in [2.75, 3.05) is 26.2 Å². The molecule has 0 saturated carbocycles. The average Bonchev–Trinajstić information content (AvgIpc) is 3.34. The van der Waals surface area contributed by atoms with Crippen molar-refractivity contribution >= 4 is 0 Å². The number of rotatable bonds is 6. The smallest absolute Gasteiger partial charge is 0.131 e. The second-order valence-corrected chi connectivity index (χ2v) is 9.98. The Hall–Kier alpha value is -3.18. The van der Waals surface area contributed by atoms with Gasteiger partial charge in [-0.25, -0.2) is 0 Å². The zero-order valence-corrected chi connectivity index (χ0v) is 19.9. The van der Waals surface area contributed by atoms with Crippen molar-refractivity contribution in [1.29, 1.82) is 0 Å². The maximum absolute atomic E-state index is 10.2. The molecule has 5 heteroatoms. The summed E-state index contributed by atoms with van der Waals surface area (Å²) in [5, 5.41) is 20.0. The minimum atomic E-state index is -0.321. The summed E-state index contributed by atoms with van der Waals surface area (Å²) < 4.78 is 12.6. The number of phenols is 2. The molecule has 0 aliphatic carbocycles. The van der Waals surface area contributed by atoms with Crippen LogP contribution >= 0.6 is 0 Å². The molecule has 0 aromatic heterocycles. The van der Waals surface area contributed by atoms with E-state index in [2.05, 4.69) is 30.9 Å². The maximum Gasteiger partial charge on any atom is 0.131 e. The minimum Gasteiger partial charge on any atom is -0.508 e. The number of ether oxygens (including phenoxy) is 2. The van der Waals surface area contributed by atoms with Gasteiger partial charge in [0.2, 0.25) is 0 Å². The van der Waals surface area contributed by atoms with Gasteiger partial charge in [0.1, 0.15) is 35.7 Å². The molecular weight excluding hydrogens is 426 g/mol. The third-order valence-electron chi connectivity index (χ3n) is 7.33. The number of likely N-dealkylation sites (tertiary alicyclic amines) is 1.